The molecule has 1 heterocycles. The molecule has 0 aliphatic heterocycles. The maximum Gasteiger partial charge on any atom is 0.136 e. The van der Waals surface area contributed by atoms with Gasteiger partial charge in [-0.25, -0.2) is 0 Å². The maximum atomic E-state index is 9.41. The molecule has 1 atom stereocenters. The van der Waals surface area contributed by atoms with Crippen molar-refractivity contribution in [3.63, 3.8) is 0 Å². The lowest BCUT2D eigenvalue weighted by molar-refractivity contribution is 0.196. The van der Waals surface area contributed by atoms with Crippen molar-refractivity contribution in [1.82, 2.24) is 0 Å². The molecule has 1 aromatic heterocycles. The average Bonchev–Trinajstić information content (AvgIpc) is 2.35. The van der Waals surface area contributed by atoms with Crippen molar-refractivity contribution in [3.05, 3.63) is 35.8 Å². The monoisotopic (exact) mass is 152 g/mol. The highest BCUT2D eigenvalue weighted by Crippen LogP contribution is 2.15. The van der Waals surface area contributed by atoms with Gasteiger partial charge in [-0.2, -0.15) is 0 Å². The third kappa shape index (κ3) is 2.24. The smallest absolute Gasteiger partial charge is 0.136 e. The van der Waals surface area contributed by atoms with Gasteiger partial charge in [-0.1, -0.05) is 5.57 Å². The van der Waals surface area contributed by atoms with Crippen molar-refractivity contribution in [1.29, 1.82) is 0 Å². The van der Waals surface area contributed by atoms with Crippen LogP contribution in [0.25, 0.3) is 0 Å². The van der Waals surface area contributed by atoms with Gasteiger partial charge in [0.15, 0.2) is 0 Å². The van der Waals surface area contributed by atoms with Crippen LogP contribution in [0.15, 0.2) is 34.5 Å². The van der Waals surface area contributed by atoms with Crippen molar-refractivity contribution in [3.8, 4) is 0 Å². The van der Waals surface area contributed by atoms with E-state index in [0.29, 0.717) is 5.76 Å². The Morgan fingerprint density at radius 3 is 2.82 bits per heavy atom. The van der Waals surface area contributed by atoms with E-state index < -0.39 is 6.10 Å². The van der Waals surface area contributed by atoms with Crippen LogP contribution in [0.4, 0.5) is 0 Å². The summed E-state index contributed by atoms with van der Waals surface area (Å²) in [6.45, 7) is 3.87. The van der Waals surface area contributed by atoms with E-state index >= 15 is 0 Å². The zero-order valence-corrected chi connectivity index (χ0v) is 6.74. The molecule has 0 saturated heterocycles. The topological polar surface area (TPSA) is 33.4 Å². The lowest BCUT2D eigenvalue weighted by Gasteiger charge is -2.00. The van der Waals surface area contributed by atoms with Crippen LogP contribution >= 0.6 is 0 Å². The van der Waals surface area contributed by atoms with Crippen LogP contribution < -0.4 is 0 Å². The van der Waals surface area contributed by atoms with Crippen molar-refractivity contribution in [2.75, 3.05) is 0 Å². The quantitative estimate of drug-likeness (QED) is 0.659. The van der Waals surface area contributed by atoms with E-state index in [2.05, 4.69) is 0 Å². The summed E-state index contributed by atoms with van der Waals surface area (Å²) in [5.74, 6) is 0.589. The predicted molar refractivity (Wildman–Crippen MR) is 43.1 cm³/mol. The Bertz CT molecular complexity index is 230. The summed E-state index contributed by atoms with van der Waals surface area (Å²) in [7, 11) is 0. The Balaban J connectivity index is 2.71. The van der Waals surface area contributed by atoms with Gasteiger partial charge in [-0.3, -0.25) is 0 Å². The predicted octanol–water partition coefficient (Wildman–Crippen LogP) is 2.28. The summed E-state index contributed by atoms with van der Waals surface area (Å²) in [4.78, 5) is 0. The fourth-order valence-corrected chi connectivity index (χ4v) is 0.857. The summed E-state index contributed by atoms with van der Waals surface area (Å²) in [5, 5.41) is 9.41. The standard InChI is InChI=1S/C9H12O2/c1-7(2)6-8(10)9-4-3-5-11-9/h3-6,8,10H,1-2H3. The molecule has 0 bridgehead atoms. The molecule has 0 aromatic carbocycles. The molecule has 2 nitrogen and oxygen atoms in total. The number of allylic oxidation sites excluding steroid dienone is 1. The Labute approximate surface area is 66.2 Å². The van der Waals surface area contributed by atoms with Crippen LogP contribution in [0.2, 0.25) is 0 Å². The van der Waals surface area contributed by atoms with Gasteiger partial charge < -0.3 is 9.52 Å². The molecular weight excluding hydrogens is 140 g/mol. The molecule has 0 aliphatic rings. The molecule has 0 spiro atoms. The molecular formula is C9H12O2. The second-order valence-corrected chi connectivity index (χ2v) is 2.70. The Morgan fingerprint density at radius 1 is 1.64 bits per heavy atom. The summed E-state index contributed by atoms with van der Waals surface area (Å²) in [6, 6.07) is 3.52. The van der Waals surface area contributed by atoms with E-state index in [1.165, 1.54) is 0 Å². The Morgan fingerprint density at radius 2 is 2.36 bits per heavy atom. The Hall–Kier alpha value is -1.02. The first-order valence-corrected chi connectivity index (χ1v) is 3.56. The molecule has 1 unspecified atom stereocenters. The minimum absolute atomic E-state index is 0.589. The lowest BCUT2D eigenvalue weighted by atomic mass is 10.2. The lowest BCUT2D eigenvalue weighted by Crippen LogP contribution is -1.90. The SMILES string of the molecule is CC(C)=CC(O)c1ccco1. The molecule has 1 aromatic rings. The largest absolute Gasteiger partial charge is 0.466 e. The normalized spacial score (nSPS) is 12.6. The van der Waals surface area contributed by atoms with E-state index in [0.717, 1.165) is 5.57 Å². The minimum atomic E-state index is -0.602. The number of aliphatic hydroxyl groups excluding tert-OH is 1. The van der Waals surface area contributed by atoms with Crippen LogP contribution in [0.3, 0.4) is 0 Å². The highest BCUT2D eigenvalue weighted by Gasteiger charge is 2.05. The third-order valence-electron chi connectivity index (χ3n) is 1.33. The van der Waals surface area contributed by atoms with Gasteiger partial charge in [0, 0.05) is 0 Å². The number of aliphatic hydroxyl groups is 1. The average molecular weight is 152 g/mol. The van der Waals surface area contributed by atoms with E-state index in [-0.39, 0.29) is 0 Å². The molecule has 2 heteroatoms. The third-order valence-corrected chi connectivity index (χ3v) is 1.33. The summed E-state index contributed by atoms with van der Waals surface area (Å²) in [6.07, 6.45) is 2.70. The fourth-order valence-electron chi connectivity index (χ4n) is 0.857. The van der Waals surface area contributed by atoms with Gasteiger partial charge in [0.05, 0.1) is 6.26 Å². The molecule has 60 valence electrons. The number of rotatable bonds is 2. The number of hydrogen-bond acceptors (Lipinski definition) is 2. The van der Waals surface area contributed by atoms with Gasteiger partial charge in [-0.15, -0.1) is 0 Å². The van der Waals surface area contributed by atoms with Crippen LogP contribution in [-0.2, 0) is 0 Å². The van der Waals surface area contributed by atoms with E-state index in [1.807, 2.05) is 13.8 Å². The minimum Gasteiger partial charge on any atom is -0.466 e. The van der Waals surface area contributed by atoms with Gasteiger partial charge >= 0.3 is 0 Å². The summed E-state index contributed by atoms with van der Waals surface area (Å²) in [5.41, 5.74) is 1.08. The van der Waals surface area contributed by atoms with Crippen molar-refractivity contribution < 1.29 is 9.52 Å². The fraction of sp³-hybridized carbons (Fsp3) is 0.333. The van der Waals surface area contributed by atoms with Gasteiger partial charge in [0.2, 0.25) is 0 Å². The zero-order chi connectivity index (χ0) is 8.27. The highest BCUT2D eigenvalue weighted by atomic mass is 16.4. The first kappa shape index (κ1) is 8.08. The molecule has 0 radical (unpaired) electrons. The Kier molecular flexibility index (Phi) is 2.49. The maximum absolute atomic E-state index is 9.41. The molecule has 0 saturated carbocycles. The van der Waals surface area contributed by atoms with Gasteiger partial charge in [0.1, 0.15) is 11.9 Å². The summed E-state index contributed by atoms with van der Waals surface area (Å²) >= 11 is 0. The van der Waals surface area contributed by atoms with Crippen LogP contribution in [0.1, 0.15) is 25.7 Å². The highest BCUT2D eigenvalue weighted by molar-refractivity contribution is 5.10. The van der Waals surface area contributed by atoms with Crippen molar-refractivity contribution in [2.45, 2.75) is 20.0 Å². The van der Waals surface area contributed by atoms with E-state index in [1.54, 1.807) is 24.5 Å². The van der Waals surface area contributed by atoms with Crippen LogP contribution in [0.5, 0.6) is 0 Å². The van der Waals surface area contributed by atoms with Crippen LogP contribution in [0, 0.1) is 0 Å². The van der Waals surface area contributed by atoms with Gasteiger partial charge in [0.25, 0.3) is 0 Å². The van der Waals surface area contributed by atoms with Gasteiger partial charge in [-0.05, 0) is 32.1 Å². The first-order valence-electron chi connectivity index (χ1n) is 3.56. The number of furan rings is 1. The molecule has 0 amide bonds. The molecule has 1 rings (SSSR count). The summed E-state index contributed by atoms with van der Waals surface area (Å²) < 4.78 is 5.00. The van der Waals surface area contributed by atoms with Crippen molar-refractivity contribution in [2.24, 2.45) is 0 Å². The second-order valence-electron chi connectivity index (χ2n) is 2.70. The number of hydrogen-bond donors (Lipinski definition) is 1. The van der Waals surface area contributed by atoms with Crippen LogP contribution in [-0.4, -0.2) is 5.11 Å². The van der Waals surface area contributed by atoms with E-state index in [9.17, 15) is 5.11 Å². The van der Waals surface area contributed by atoms with E-state index in [4.69, 9.17) is 4.42 Å². The first-order chi connectivity index (χ1) is 5.20. The molecule has 1 N–H and O–H groups in total. The second kappa shape index (κ2) is 3.39. The molecule has 0 aliphatic carbocycles. The zero-order valence-electron chi connectivity index (χ0n) is 6.74. The molecule has 11 heavy (non-hydrogen) atoms. The molecule has 0 fully saturated rings. The van der Waals surface area contributed by atoms with Crippen molar-refractivity contribution >= 4 is 0 Å².